The average Bonchev–Trinajstić information content (AvgIpc) is 3.12. The highest BCUT2D eigenvalue weighted by Gasteiger charge is 2.24. The number of carbonyl (C=O) groups excluding carboxylic acids is 1. The Morgan fingerprint density at radius 3 is 2.64 bits per heavy atom. The van der Waals surface area contributed by atoms with Crippen molar-refractivity contribution in [3.63, 3.8) is 0 Å². The van der Waals surface area contributed by atoms with E-state index in [0.717, 1.165) is 48.6 Å². The topological polar surface area (TPSA) is 84.0 Å². The number of piperidine rings is 1. The summed E-state index contributed by atoms with van der Waals surface area (Å²) < 4.78 is 4.64. The molecular weight excluding hydrogens is 318 g/mol. The summed E-state index contributed by atoms with van der Waals surface area (Å²) in [6, 6.07) is 11.6. The monoisotopic (exact) mass is 337 g/mol. The average molecular weight is 337 g/mol. The van der Waals surface area contributed by atoms with E-state index in [0.29, 0.717) is 5.92 Å². The van der Waals surface area contributed by atoms with Gasteiger partial charge in [0, 0.05) is 19.0 Å². The van der Waals surface area contributed by atoms with Crippen LogP contribution in [0.1, 0.15) is 35.1 Å². The lowest BCUT2D eigenvalue weighted by molar-refractivity contribution is 0.0592. The van der Waals surface area contributed by atoms with Crippen molar-refractivity contribution in [1.82, 2.24) is 20.2 Å². The van der Waals surface area contributed by atoms with Gasteiger partial charge in [-0.05, 0) is 37.1 Å². The minimum Gasteiger partial charge on any atom is -0.464 e. The molecule has 0 spiro atoms. The Morgan fingerprint density at radius 2 is 1.96 bits per heavy atom. The molecule has 3 aromatic rings. The highest BCUT2D eigenvalue weighted by Crippen LogP contribution is 2.29. The maximum Gasteiger partial charge on any atom is 0.358 e. The van der Waals surface area contributed by atoms with Gasteiger partial charge in [0.2, 0.25) is 0 Å². The first kappa shape index (κ1) is 15.6. The van der Waals surface area contributed by atoms with Crippen molar-refractivity contribution in [2.75, 3.05) is 25.1 Å². The lowest BCUT2D eigenvalue weighted by Crippen LogP contribution is -2.34. The fraction of sp³-hybridized carbons (Fsp3) is 0.333. The van der Waals surface area contributed by atoms with Crippen molar-refractivity contribution in [3.05, 3.63) is 47.9 Å². The van der Waals surface area contributed by atoms with Gasteiger partial charge in [-0.15, -0.1) is 10.2 Å². The van der Waals surface area contributed by atoms with E-state index in [1.54, 1.807) is 6.07 Å². The maximum absolute atomic E-state index is 11.4. The van der Waals surface area contributed by atoms with E-state index in [2.05, 4.69) is 30.9 Å². The number of H-pyrrole nitrogens is 1. The summed E-state index contributed by atoms with van der Waals surface area (Å²) in [6.45, 7) is 1.77. The summed E-state index contributed by atoms with van der Waals surface area (Å²) in [5.74, 6) is 1.80. The first-order chi connectivity index (χ1) is 12.2. The molecule has 0 radical (unpaired) electrons. The minimum atomic E-state index is -0.470. The zero-order chi connectivity index (χ0) is 17.2. The molecule has 0 saturated carbocycles. The van der Waals surface area contributed by atoms with Crippen LogP contribution >= 0.6 is 0 Å². The summed E-state index contributed by atoms with van der Waals surface area (Å²) >= 11 is 0. The number of nitrogens with one attached hydrogen (secondary N) is 1. The Labute approximate surface area is 145 Å². The third-order valence-corrected chi connectivity index (χ3v) is 4.66. The van der Waals surface area contributed by atoms with Crippen molar-refractivity contribution >= 4 is 22.8 Å². The van der Waals surface area contributed by atoms with Gasteiger partial charge in [0.25, 0.3) is 0 Å². The molecule has 7 heteroatoms. The van der Waals surface area contributed by atoms with E-state index >= 15 is 0 Å². The van der Waals surface area contributed by atoms with Crippen LogP contribution in [0.15, 0.2) is 36.4 Å². The molecule has 1 saturated heterocycles. The van der Waals surface area contributed by atoms with E-state index in [-0.39, 0.29) is 5.69 Å². The number of esters is 1. The van der Waals surface area contributed by atoms with E-state index < -0.39 is 5.97 Å². The van der Waals surface area contributed by atoms with Crippen LogP contribution in [-0.2, 0) is 4.74 Å². The number of hydrogen-bond donors (Lipinski definition) is 1. The number of fused-ring (bicyclic) bond motifs is 1. The molecule has 0 atom stereocenters. The van der Waals surface area contributed by atoms with Gasteiger partial charge in [-0.25, -0.2) is 9.78 Å². The lowest BCUT2D eigenvalue weighted by Gasteiger charge is -2.31. The van der Waals surface area contributed by atoms with Crippen LogP contribution < -0.4 is 4.90 Å². The molecule has 0 unspecified atom stereocenters. The molecule has 1 aliphatic heterocycles. The minimum absolute atomic E-state index is 0.225. The van der Waals surface area contributed by atoms with Gasteiger partial charge in [0.15, 0.2) is 11.5 Å². The number of hydrogen-bond acceptors (Lipinski definition) is 6. The Hall–Kier alpha value is -2.96. The summed E-state index contributed by atoms with van der Waals surface area (Å²) in [6.07, 6.45) is 2.00. The van der Waals surface area contributed by atoms with Gasteiger partial charge in [-0.2, -0.15) is 0 Å². The van der Waals surface area contributed by atoms with E-state index in [1.807, 2.05) is 24.3 Å². The Balaban J connectivity index is 1.43. The van der Waals surface area contributed by atoms with Gasteiger partial charge < -0.3 is 14.6 Å². The summed E-state index contributed by atoms with van der Waals surface area (Å²) in [4.78, 5) is 21.8. The molecule has 0 amide bonds. The van der Waals surface area contributed by atoms with Crippen molar-refractivity contribution in [2.45, 2.75) is 18.8 Å². The maximum atomic E-state index is 11.4. The van der Waals surface area contributed by atoms with Gasteiger partial charge in [0.05, 0.1) is 18.1 Å². The number of para-hydroxylation sites is 2. The normalized spacial score (nSPS) is 15.5. The number of benzene rings is 1. The number of ether oxygens (including phenoxy) is 1. The number of aromatic nitrogens is 4. The standard InChI is InChI=1S/C18H19N5O2/c1-25-18(24)15-6-7-16(22-21-15)23-10-8-12(9-11-23)17-19-13-4-2-3-5-14(13)20-17/h2-7,12H,8-11H2,1H3,(H,19,20). The number of imidazole rings is 1. The second-order valence-corrected chi connectivity index (χ2v) is 6.17. The highest BCUT2D eigenvalue weighted by atomic mass is 16.5. The SMILES string of the molecule is COC(=O)c1ccc(N2CCC(c3nc4ccccc4[nH]3)CC2)nn1. The van der Waals surface area contributed by atoms with Gasteiger partial charge in [-0.1, -0.05) is 12.1 Å². The predicted octanol–water partition coefficient (Wildman–Crippen LogP) is 2.52. The van der Waals surface area contributed by atoms with Gasteiger partial charge in [-0.3, -0.25) is 0 Å². The molecule has 1 N–H and O–H groups in total. The number of aromatic amines is 1. The van der Waals surface area contributed by atoms with Crippen LogP contribution in [0, 0.1) is 0 Å². The Kier molecular flexibility index (Phi) is 4.05. The number of rotatable bonds is 3. The molecule has 7 nitrogen and oxygen atoms in total. The number of anilines is 1. The van der Waals surface area contributed by atoms with Crippen molar-refractivity contribution in [2.24, 2.45) is 0 Å². The quantitative estimate of drug-likeness (QED) is 0.739. The fourth-order valence-corrected chi connectivity index (χ4v) is 3.26. The molecule has 25 heavy (non-hydrogen) atoms. The van der Waals surface area contributed by atoms with Crippen molar-refractivity contribution < 1.29 is 9.53 Å². The predicted molar refractivity (Wildman–Crippen MR) is 93.7 cm³/mol. The number of methoxy groups -OCH3 is 1. The molecular formula is C18H19N5O2. The summed E-state index contributed by atoms with van der Waals surface area (Å²) in [5.41, 5.74) is 2.33. The zero-order valence-corrected chi connectivity index (χ0v) is 14.0. The van der Waals surface area contributed by atoms with Crippen molar-refractivity contribution in [1.29, 1.82) is 0 Å². The number of carbonyl (C=O) groups is 1. The number of nitrogens with zero attached hydrogens (tertiary/aromatic N) is 4. The summed E-state index contributed by atoms with van der Waals surface area (Å²) in [5, 5.41) is 8.10. The lowest BCUT2D eigenvalue weighted by atomic mass is 9.96. The highest BCUT2D eigenvalue weighted by molar-refractivity contribution is 5.87. The molecule has 1 aliphatic rings. The third kappa shape index (κ3) is 3.05. The Bertz CT molecular complexity index is 849. The molecule has 3 heterocycles. The van der Waals surface area contributed by atoms with E-state index in [1.165, 1.54) is 7.11 Å². The second-order valence-electron chi connectivity index (χ2n) is 6.17. The molecule has 4 rings (SSSR count). The van der Waals surface area contributed by atoms with Crippen LogP contribution in [0.3, 0.4) is 0 Å². The third-order valence-electron chi connectivity index (χ3n) is 4.66. The van der Waals surface area contributed by atoms with Crippen LogP contribution in [0.25, 0.3) is 11.0 Å². The van der Waals surface area contributed by atoms with Crippen LogP contribution in [0.4, 0.5) is 5.82 Å². The van der Waals surface area contributed by atoms with Crippen molar-refractivity contribution in [3.8, 4) is 0 Å². The van der Waals surface area contributed by atoms with Crippen LogP contribution in [0.2, 0.25) is 0 Å². The Morgan fingerprint density at radius 1 is 1.16 bits per heavy atom. The second kappa shape index (κ2) is 6.51. The molecule has 0 aliphatic carbocycles. The van der Waals surface area contributed by atoms with Gasteiger partial charge in [0.1, 0.15) is 5.82 Å². The van der Waals surface area contributed by atoms with E-state index in [9.17, 15) is 4.79 Å². The molecule has 1 fully saturated rings. The zero-order valence-electron chi connectivity index (χ0n) is 14.0. The largest absolute Gasteiger partial charge is 0.464 e. The van der Waals surface area contributed by atoms with Crippen LogP contribution in [-0.4, -0.2) is 46.3 Å². The summed E-state index contributed by atoms with van der Waals surface area (Å²) in [7, 11) is 1.33. The van der Waals surface area contributed by atoms with E-state index in [4.69, 9.17) is 4.98 Å². The fourth-order valence-electron chi connectivity index (χ4n) is 3.26. The molecule has 1 aromatic carbocycles. The molecule has 2 aromatic heterocycles. The van der Waals surface area contributed by atoms with Crippen LogP contribution in [0.5, 0.6) is 0 Å². The molecule has 128 valence electrons. The smallest absolute Gasteiger partial charge is 0.358 e. The molecule has 0 bridgehead atoms. The first-order valence-corrected chi connectivity index (χ1v) is 8.36. The van der Waals surface area contributed by atoms with Gasteiger partial charge >= 0.3 is 5.97 Å². The first-order valence-electron chi connectivity index (χ1n) is 8.36.